The van der Waals surface area contributed by atoms with Gasteiger partial charge < -0.3 is 10.4 Å². The summed E-state index contributed by atoms with van der Waals surface area (Å²) in [4.78, 5) is 10.4. The lowest BCUT2D eigenvalue weighted by atomic mass is 10.2. The van der Waals surface area contributed by atoms with E-state index in [2.05, 4.69) is 5.32 Å². The van der Waals surface area contributed by atoms with E-state index in [1.807, 2.05) is 13.8 Å². The summed E-state index contributed by atoms with van der Waals surface area (Å²) in [5.74, 6) is -0.0324. The standard InChI is InChI=1S/C5H11NO2.C2H6/c1-4(8)5(3-7)6-2;1-2/h5-7H,3H2,1-2H3;1-2H3/t5-;/m0./s1. The molecule has 0 aromatic rings. The van der Waals surface area contributed by atoms with Crippen LogP contribution >= 0.6 is 0 Å². The summed E-state index contributed by atoms with van der Waals surface area (Å²) < 4.78 is 0. The Morgan fingerprint density at radius 3 is 2.00 bits per heavy atom. The van der Waals surface area contributed by atoms with Crippen LogP contribution in [0.15, 0.2) is 0 Å². The molecule has 0 spiro atoms. The van der Waals surface area contributed by atoms with Gasteiger partial charge in [-0.1, -0.05) is 13.8 Å². The Balaban J connectivity index is 0. The molecule has 3 heteroatoms. The van der Waals surface area contributed by atoms with Gasteiger partial charge in [-0.2, -0.15) is 0 Å². The molecule has 10 heavy (non-hydrogen) atoms. The fourth-order valence-corrected chi connectivity index (χ4v) is 0.423. The number of carbonyl (C=O) groups excluding carboxylic acids is 1. The van der Waals surface area contributed by atoms with Crippen molar-refractivity contribution in [1.82, 2.24) is 5.32 Å². The maximum absolute atomic E-state index is 10.4. The van der Waals surface area contributed by atoms with Crippen LogP contribution in [0.25, 0.3) is 0 Å². The van der Waals surface area contributed by atoms with Gasteiger partial charge in [0.1, 0.15) is 5.78 Å². The molecule has 0 rings (SSSR count). The fraction of sp³-hybridized carbons (Fsp3) is 0.857. The van der Waals surface area contributed by atoms with E-state index >= 15 is 0 Å². The van der Waals surface area contributed by atoms with Crippen molar-refractivity contribution in [2.24, 2.45) is 0 Å². The number of carbonyl (C=O) groups is 1. The third-order valence-electron chi connectivity index (χ3n) is 1.02. The summed E-state index contributed by atoms with van der Waals surface area (Å²) in [7, 11) is 1.64. The van der Waals surface area contributed by atoms with E-state index in [1.165, 1.54) is 6.92 Å². The van der Waals surface area contributed by atoms with Crippen LogP contribution in [0.4, 0.5) is 0 Å². The molecule has 0 aromatic heterocycles. The summed E-state index contributed by atoms with van der Waals surface area (Å²) >= 11 is 0. The van der Waals surface area contributed by atoms with Gasteiger partial charge >= 0.3 is 0 Å². The molecule has 0 radical (unpaired) electrons. The van der Waals surface area contributed by atoms with Crippen LogP contribution in [0.2, 0.25) is 0 Å². The lowest BCUT2D eigenvalue weighted by Gasteiger charge is -2.06. The van der Waals surface area contributed by atoms with E-state index in [1.54, 1.807) is 7.05 Å². The second kappa shape index (κ2) is 8.59. The number of nitrogens with one attached hydrogen (secondary N) is 1. The molecule has 0 aliphatic heterocycles. The molecule has 0 saturated heterocycles. The van der Waals surface area contributed by atoms with Crippen molar-refractivity contribution in [3.8, 4) is 0 Å². The van der Waals surface area contributed by atoms with Crippen LogP contribution < -0.4 is 5.32 Å². The first-order valence-corrected chi connectivity index (χ1v) is 3.51. The first-order chi connectivity index (χ1) is 4.72. The Bertz CT molecular complexity index is 79.7. The normalized spacial score (nSPS) is 11.3. The third kappa shape index (κ3) is 5.72. The van der Waals surface area contributed by atoms with Gasteiger partial charge in [-0.15, -0.1) is 0 Å². The van der Waals surface area contributed by atoms with Crippen molar-refractivity contribution in [3.05, 3.63) is 0 Å². The van der Waals surface area contributed by atoms with E-state index in [9.17, 15) is 4.79 Å². The summed E-state index contributed by atoms with van der Waals surface area (Å²) in [6.45, 7) is 5.32. The Kier molecular flexibility index (Phi) is 10.6. The number of Topliss-reactive ketones (excluding diaryl/α,β-unsaturated/α-hetero) is 1. The molecule has 62 valence electrons. The first-order valence-electron chi connectivity index (χ1n) is 3.51. The molecule has 1 atom stereocenters. The molecule has 0 aromatic carbocycles. The zero-order chi connectivity index (χ0) is 8.57. The molecule has 0 amide bonds. The number of likely N-dealkylation sites (N-methyl/N-ethyl adjacent to an activating group) is 1. The minimum Gasteiger partial charge on any atom is -0.394 e. The Morgan fingerprint density at radius 2 is 2.00 bits per heavy atom. The molecule has 3 nitrogen and oxygen atoms in total. The van der Waals surface area contributed by atoms with Crippen molar-refractivity contribution in [2.75, 3.05) is 13.7 Å². The lowest BCUT2D eigenvalue weighted by molar-refractivity contribution is -0.119. The maximum atomic E-state index is 10.4. The van der Waals surface area contributed by atoms with E-state index in [4.69, 9.17) is 5.11 Å². The van der Waals surface area contributed by atoms with E-state index in [0.717, 1.165) is 0 Å². The highest BCUT2D eigenvalue weighted by Crippen LogP contribution is 1.79. The second-order valence-electron chi connectivity index (χ2n) is 1.63. The molecule has 0 heterocycles. The fourth-order valence-electron chi connectivity index (χ4n) is 0.423. The molecular formula is C7H17NO2. The van der Waals surface area contributed by atoms with Crippen LogP contribution in [0.3, 0.4) is 0 Å². The smallest absolute Gasteiger partial charge is 0.149 e. The van der Waals surface area contributed by atoms with Gasteiger partial charge in [0.25, 0.3) is 0 Å². The van der Waals surface area contributed by atoms with Crippen molar-refractivity contribution in [3.63, 3.8) is 0 Å². The van der Waals surface area contributed by atoms with Crippen LogP contribution in [0.1, 0.15) is 20.8 Å². The Hall–Kier alpha value is -0.410. The van der Waals surface area contributed by atoms with Gasteiger partial charge in [0, 0.05) is 0 Å². The Morgan fingerprint density at radius 1 is 1.60 bits per heavy atom. The molecule has 0 aliphatic carbocycles. The SMILES string of the molecule is CC.CN[C@@H](CO)C(C)=O. The molecule has 0 saturated carbocycles. The lowest BCUT2D eigenvalue weighted by Crippen LogP contribution is -2.35. The van der Waals surface area contributed by atoms with Crippen molar-refractivity contribution < 1.29 is 9.90 Å². The van der Waals surface area contributed by atoms with Crippen molar-refractivity contribution in [2.45, 2.75) is 26.8 Å². The number of hydrogen-bond acceptors (Lipinski definition) is 3. The number of aliphatic hydroxyl groups excluding tert-OH is 1. The van der Waals surface area contributed by atoms with Gasteiger partial charge in [-0.3, -0.25) is 4.79 Å². The third-order valence-corrected chi connectivity index (χ3v) is 1.02. The largest absolute Gasteiger partial charge is 0.394 e. The summed E-state index contributed by atoms with van der Waals surface area (Å²) in [6, 6.07) is -0.380. The van der Waals surface area contributed by atoms with Crippen LogP contribution in [0, 0.1) is 0 Å². The number of hydrogen-bond donors (Lipinski definition) is 2. The van der Waals surface area contributed by atoms with Crippen molar-refractivity contribution >= 4 is 5.78 Å². The summed E-state index contributed by atoms with van der Waals surface area (Å²) in [5, 5.41) is 11.1. The van der Waals surface area contributed by atoms with Gasteiger partial charge in [0.15, 0.2) is 0 Å². The number of ketones is 1. The highest BCUT2D eigenvalue weighted by molar-refractivity contribution is 5.81. The summed E-state index contributed by atoms with van der Waals surface area (Å²) in [6.07, 6.45) is 0. The van der Waals surface area contributed by atoms with E-state index < -0.39 is 0 Å². The zero-order valence-corrected chi connectivity index (χ0v) is 7.14. The minimum atomic E-state index is -0.380. The summed E-state index contributed by atoms with van der Waals surface area (Å²) in [5.41, 5.74) is 0. The average molecular weight is 147 g/mol. The van der Waals surface area contributed by atoms with Gasteiger partial charge in [-0.05, 0) is 14.0 Å². The predicted molar refractivity (Wildman–Crippen MR) is 42.0 cm³/mol. The number of rotatable bonds is 3. The van der Waals surface area contributed by atoms with E-state index in [0.29, 0.717) is 0 Å². The average Bonchev–Trinajstić information content (AvgIpc) is 1.94. The van der Waals surface area contributed by atoms with Crippen LogP contribution in [-0.2, 0) is 4.79 Å². The quantitative estimate of drug-likeness (QED) is 0.598. The van der Waals surface area contributed by atoms with Gasteiger partial charge in [0.2, 0.25) is 0 Å². The van der Waals surface area contributed by atoms with Crippen LogP contribution in [-0.4, -0.2) is 30.6 Å². The van der Waals surface area contributed by atoms with Crippen molar-refractivity contribution in [1.29, 1.82) is 0 Å². The molecule has 0 fully saturated rings. The number of aliphatic hydroxyl groups is 1. The van der Waals surface area contributed by atoms with E-state index in [-0.39, 0.29) is 18.4 Å². The second-order valence-corrected chi connectivity index (χ2v) is 1.63. The molecule has 0 aliphatic rings. The topological polar surface area (TPSA) is 49.3 Å². The molecule has 0 bridgehead atoms. The van der Waals surface area contributed by atoms with Gasteiger partial charge in [0.05, 0.1) is 12.6 Å². The highest BCUT2D eigenvalue weighted by atomic mass is 16.3. The Labute approximate surface area is 62.4 Å². The first kappa shape index (κ1) is 12.3. The van der Waals surface area contributed by atoms with Gasteiger partial charge in [-0.25, -0.2) is 0 Å². The minimum absolute atomic E-state index is 0.0324. The zero-order valence-electron chi connectivity index (χ0n) is 7.14. The predicted octanol–water partition coefficient (Wildman–Crippen LogP) is 0.182. The molecular weight excluding hydrogens is 130 g/mol. The highest BCUT2D eigenvalue weighted by Gasteiger charge is 2.07. The van der Waals surface area contributed by atoms with Crippen LogP contribution in [0.5, 0.6) is 0 Å². The monoisotopic (exact) mass is 147 g/mol. The molecule has 2 N–H and O–H groups in total. The maximum Gasteiger partial charge on any atom is 0.149 e. The molecule has 0 unspecified atom stereocenters.